The van der Waals surface area contributed by atoms with E-state index in [1.165, 1.54) is 6.20 Å². The summed E-state index contributed by atoms with van der Waals surface area (Å²) < 4.78 is 12.5. The predicted octanol–water partition coefficient (Wildman–Crippen LogP) is 3.99. The van der Waals surface area contributed by atoms with Gasteiger partial charge in [-0.3, -0.25) is 4.79 Å². The van der Waals surface area contributed by atoms with Gasteiger partial charge >= 0.3 is 11.9 Å². The maximum absolute atomic E-state index is 12.1. The Balaban J connectivity index is 2.08. The monoisotopic (exact) mass is 413 g/mol. The lowest BCUT2D eigenvalue weighted by atomic mass is 10.2. The second-order valence-electron chi connectivity index (χ2n) is 6.97. The summed E-state index contributed by atoms with van der Waals surface area (Å²) in [6.45, 7) is 4.96. The van der Waals surface area contributed by atoms with Crippen molar-refractivity contribution in [1.82, 2.24) is 9.78 Å². The number of aromatic nitrogens is 2. The van der Waals surface area contributed by atoms with Crippen LogP contribution in [0.3, 0.4) is 0 Å². The highest BCUT2D eigenvalue weighted by atomic mass is 16.5. The summed E-state index contributed by atoms with van der Waals surface area (Å²) in [5.41, 5.74) is 0.823. The van der Waals surface area contributed by atoms with E-state index in [2.05, 4.69) is 23.9 Å². The van der Waals surface area contributed by atoms with Gasteiger partial charge in [0, 0.05) is 6.07 Å². The molecule has 0 aliphatic carbocycles. The molecule has 1 aromatic heterocycles. The fourth-order valence-electron chi connectivity index (χ4n) is 2.74. The fourth-order valence-corrected chi connectivity index (χ4v) is 2.74. The largest absolute Gasteiger partial charge is 0.478 e. The van der Waals surface area contributed by atoms with Gasteiger partial charge in [-0.25, -0.2) is 14.5 Å². The highest BCUT2D eigenvalue weighted by Crippen LogP contribution is 2.14. The zero-order valence-corrected chi connectivity index (χ0v) is 17.9. The SMILES string of the molecule is CCCCCCCOC(=O)C(=O)N=c1cnn(-c2ccccc2)c(OCCCC)c1. The molecule has 0 radical (unpaired) electrons. The summed E-state index contributed by atoms with van der Waals surface area (Å²) >= 11 is 0. The first-order valence-electron chi connectivity index (χ1n) is 10.7. The van der Waals surface area contributed by atoms with E-state index in [4.69, 9.17) is 9.47 Å². The number of carbonyl (C=O) groups is 2. The molecule has 1 aromatic carbocycles. The number of carbonyl (C=O) groups excluding carboxylic acids is 2. The lowest BCUT2D eigenvalue weighted by molar-refractivity contribution is -0.153. The van der Waals surface area contributed by atoms with Crippen LogP contribution in [0.2, 0.25) is 0 Å². The minimum atomic E-state index is -0.946. The number of rotatable bonds is 11. The fraction of sp³-hybridized carbons (Fsp3) is 0.478. The number of amides is 1. The summed E-state index contributed by atoms with van der Waals surface area (Å²) in [5, 5.41) is 4.59. The molecule has 0 saturated carbocycles. The van der Waals surface area contributed by atoms with Crippen LogP contribution < -0.4 is 10.1 Å². The molecule has 1 amide bonds. The van der Waals surface area contributed by atoms with Crippen LogP contribution >= 0.6 is 0 Å². The molecule has 0 bridgehead atoms. The minimum Gasteiger partial charge on any atom is -0.478 e. The molecule has 0 N–H and O–H groups in total. The number of para-hydroxylation sites is 1. The molecule has 7 heteroatoms. The number of esters is 1. The van der Waals surface area contributed by atoms with Crippen LogP contribution in [0.25, 0.3) is 5.69 Å². The smallest absolute Gasteiger partial charge is 0.399 e. The standard InChI is InChI=1S/C23H31N3O4/c1-3-5-7-8-12-16-30-23(28)22(27)25-19-17-21(29-15-6-4-2)26(24-18-19)20-13-10-9-11-14-20/h9-11,13-14,17-18H,3-8,12,15-16H2,1-2H3. The zero-order valence-electron chi connectivity index (χ0n) is 17.9. The maximum atomic E-state index is 12.1. The number of nitrogens with zero attached hydrogens (tertiary/aromatic N) is 3. The third-order valence-electron chi connectivity index (χ3n) is 4.42. The van der Waals surface area contributed by atoms with Crippen LogP contribution in [0.5, 0.6) is 5.88 Å². The molecule has 7 nitrogen and oxygen atoms in total. The lowest BCUT2D eigenvalue weighted by Gasteiger charge is -2.13. The first-order valence-corrected chi connectivity index (χ1v) is 10.7. The summed E-state index contributed by atoms with van der Waals surface area (Å²) in [4.78, 5) is 27.8. The Morgan fingerprint density at radius 1 is 0.967 bits per heavy atom. The maximum Gasteiger partial charge on any atom is 0.399 e. The van der Waals surface area contributed by atoms with Crippen molar-refractivity contribution in [2.75, 3.05) is 13.2 Å². The summed E-state index contributed by atoms with van der Waals surface area (Å²) in [5.74, 6) is -1.44. The molecule has 30 heavy (non-hydrogen) atoms. The topological polar surface area (TPSA) is 82.8 Å². The van der Waals surface area contributed by atoms with E-state index in [9.17, 15) is 9.59 Å². The first-order chi connectivity index (χ1) is 14.7. The normalized spacial score (nSPS) is 11.3. The van der Waals surface area contributed by atoms with Gasteiger partial charge in [0.2, 0.25) is 5.88 Å². The van der Waals surface area contributed by atoms with Gasteiger partial charge in [-0.2, -0.15) is 5.10 Å². The van der Waals surface area contributed by atoms with Crippen molar-refractivity contribution in [3.63, 3.8) is 0 Å². The quantitative estimate of drug-likeness (QED) is 0.316. The van der Waals surface area contributed by atoms with Crippen molar-refractivity contribution >= 4 is 11.9 Å². The van der Waals surface area contributed by atoms with E-state index in [1.54, 1.807) is 10.7 Å². The van der Waals surface area contributed by atoms with Gasteiger partial charge in [0.05, 0.1) is 30.5 Å². The van der Waals surface area contributed by atoms with Crippen molar-refractivity contribution in [1.29, 1.82) is 0 Å². The lowest BCUT2D eigenvalue weighted by Crippen LogP contribution is -2.20. The molecule has 0 unspecified atom stereocenters. The number of ether oxygens (including phenoxy) is 2. The highest BCUT2D eigenvalue weighted by Gasteiger charge is 2.14. The Kier molecular flexibility index (Phi) is 10.3. The molecule has 0 aliphatic rings. The third-order valence-corrected chi connectivity index (χ3v) is 4.42. The van der Waals surface area contributed by atoms with Crippen molar-refractivity contribution in [3.8, 4) is 11.6 Å². The van der Waals surface area contributed by atoms with Gasteiger partial charge in [-0.1, -0.05) is 64.2 Å². The van der Waals surface area contributed by atoms with Gasteiger partial charge in [-0.05, 0) is 25.0 Å². The summed E-state index contributed by atoms with van der Waals surface area (Å²) in [6.07, 6.45) is 8.45. The highest BCUT2D eigenvalue weighted by molar-refractivity contribution is 6.32. The van der Waals surface area contributed by atoms with Crippen LogP contribution in [-0.4, -0.2) is 34.9 Å². The van der Waals surface area contributed by atoms with E-state index in [1.807, 2.05) is 30.3 Å². The van der Waals surface area contributed by atoms with E-state index < -0.39 is 11.9 Å². The molecule has 0 saturated heterocycles. The minimum absolute atomic E-state index is 0.232. The summed E-state index contributed by atoms with van der Waals surface area (Å²) in [7, 11) is 0. The molecule has 0 atom stereocenters. The van der Waals surface area contributed by atoms with E-state index >= 15 is 0 Å². The van der Waals surface area contributed by atoms with Gasteiger partial charge < -0.3 is 9.47 Å². The first kappa shape index (κ1) is 23.3. The molecule has 2 aromatic rings. The van der Waals surface area contributed by atoms with Gasteiger partial charge in [0.1, 0.15) is 0 Å². The van der Waals surface area contributed by atoms with Gasteiger partial charge in [0.25, 0.3) is 0 Å². The molecule has 162 valence electrons. The average molecular weight is 414 g/mol. The molecule has 1 heterocycles. The number of hydrogen-bond donors (Lipinski definition) is 0. The van der Waals surface area contributed by atoms with Crippen LogP contribution in [-0.2, 0) is 14.3 Å². The second-order valence-corrected chi connectivity index (χ2v) is 6.97. The predicted molar refractivity (Wildman–Crippen MR) is 114 cm³/mol. The Morgan fingerprint density at radius 2 is 1.70 bits per heavy atom. The van der Waals surface area contributed by atoms with Crippen LogP contribution in [0.1, 0.15) is 58.8 Å². The van der Waals surface area contributed by atoms with Crippen LogP contribution in [0.4, 0.5) is 0 Å². The van der Waals surface area contributed by atoms with Crippen LogP contribution in [0.15, 0.2) is 47.6 Å². The van der Waals surface area contributed by atoms with E-state index in [0.717, 1.165) is 50.6 Å². The zero-order chi connectivity index (χ0) is 21.6. The van der Waals surface area contributed by atoms with Crippen molar-refractivity contribution in [2.24, 2.45) is 4.99 Å². The Bertz CT molecular complexity index is 862. The van der Waals surface area contributed by atoms with Crippen molar-refractivity contribution in [3.05, 3.63) is 48.0 Å². The van der Waals surface area contributed by atoms with E-state index in [0.29, 0.717) is 12.5 Å². The molecule has 0 aliphatic heterocycles. The molecule has 2 rings (SSSR count). The average Bonchev–Trinajstić information content (AvgIpc) is 2.77. The molecule has 0 fully saturated rings. The number of benzene rings is 1. The Hall–Kier alpha value is -2.96. The molecular formula is C23H31N3O4. The Morgan fingerprint density at radius 3 is 2.43 bits per heavy atom. The number of unbranched alkanes of at least 4 members (excludes halogenated alkanes) is 5. The van der Waals surface area contributed by atoms with Crippen molar-refractivity contribution < 1.29 is 19.1 Å². The number of hydrogen-bond acceptors (Lipinski definition) is 5. The second kappa shape index (κ2) is 13.3. The Labute approximate surface area is 177 Å². The molecular weight excluding hydrogens is 382 g/mol. The van der Waals surface area contributed by atoms with Crippen molar-refractivity contribution in [2.45, 2.75) is 58.8 Å². The van der Waals surface area contributed by atoms with Gasteiger partial charge in [-0.15, -0.1) is 0 Å². The van der Waals surface area contributed by atoms with Crippen LogP contribution in [0, 0.1) is 0 Å². The van der Waals surface area contributed by atoms with Gasteiger partial charge in [0.15, 0.2) is 0 Å². The summed E-state index contributed by atoms with van der Waals surface area (Å²) in [6, 6.07) is 11.1. The molecule has 0 spiro atoms. The third kappa shape index (κ3) is 7.81. The van der Waals surface area contributed by atoms with E-state index in [-0.39, 0.29) is 12.0 Å².